The number of aryl methyl sites for hydroxylation is 1. The Kier molecular flexibility index (Phi) is 5.79. The van der Waals surface area contributed by atoms with Crippen LogP contribution in [0.5, 0.6) is 0 Å². The second-order valence-corrected chi connectivity index (χ2v) is 10.2. The molecule has 0 radical (unpaired) electrons. The van der Waals surface area contributed by atoms with Gasteiger partial charge in [-0.05, 0) is 53.4 Å². The van der Waals surface area contributed by atoms with Crippen molar-refractivity contribution >= 4 is 43.6 Å². The average molecular weight is 567 g/mol. The van der Waals surface area contributed by atoms with Crippen LogP contribution < -0.4 is 10.7 Å². The highest BCUT2D eigenvalue weighted by atomic mass is 19.4. The van der Waals surface area contributed by atoms with Gasteiger partial charge in [-0.15, -0.1) is 4.95 Å². The molecule has 43 heavy (non-hydrogen) atoms. The van der Waals surface area contributed by atoms with Crippen molar-refractivity contribution in [1.29, 1.82) is 5.26 Å². The van der Waals surface area contributed by atoms with Gasteiger partial charge >= 0.3 is 6.18 Å². The molecule has 7 rings (SSSR count). The summed E-state index contributed by atoms with van der Waals surface area (Å²) in [5.74, 6) is 0. The maximum atomic E-state index is 13.1. The number of nitrogens with zero attached hydrogens (tertiary/aromatic N) is 6. The van der Waals surface area contributed by atoms with Crippen LogP contribution in [-0.2, 0) is 6.18 Å². The van der Waals surface area contributed by atoms with Crippen molar-refractivity contribution < 1.29 is 13.2 Å². The van der Waals surface area contributed by atoms with Gasteiger partial charge in [0.05, 0.1) is 21.7 Å². The third-order valence-electron chi connectivity index (χ3n) is 7.65. The quantitative estimate of drug-likeness (QED) is 0.122. The first-order valence-corrected chi connectivity index (χ1v) is 13.1. The van der Waals surface area contributed by atoms with Crippen LogP contribution in [0.3, 0.4) is 0 Å². The van der Waals surface area contributed by atoms with E-state index in [4.69, 9.17) is 16.5 Å². The summed E-state index contributed by atoms with van der Waals surface area (Å²) < 4.78 is 39.4. The van der Waals surface area contributed by atoms with E-state index in [-0.39, 0.29) is 0 Å². The van der Waals surface area contributed by atoms with Crippen LogP contribution in [0.2, 0.25) is 0 Å². The number of fused-ring (bicyclic) bond motifs is 6. The van der Waals surface area contributed by atoms with Crippen molar-refractivity contribution in [2.45, 2.75) is 13.1 Å². The summed E-state index contributed by atoms with van der Waals surface area (Å²) in [6.07, 6.45) is -2.57. The van der Waals surface area contributed by atoms with Crippen LogP contribution >= 0.6 is 0 Å². The van der Waals surface area contributed by atoms with Crippen molar-refractivity contribution in [3.05, 3.63) is 118 Å². The Morgan fingerprint density at radius 3 is 1.67 bits per heavy atom. The molecule has 0 spiro atoms. The summed E-state index contributed by atoms with van der Waals surface area (Å²) in [4.78, 5) is 17.3. The summed E-state index contributed by atoms with van der Waals surface area (Å²) in [6, 6.07) is 24.3. The van der Waals surface area contributed by atoms with Crippen molar-refractivity contribution in [2.75, 3.05) is 0 Å². The third kappa shape index (κ3) is 4.18. The Labute approximate surface area is 241 Å². The molecule has 6 aromatic carbocycles. The van der Waals surface area contributed by atoms with Crippen LogP contribution in [0.4, 0.5) is 13.2 Å². The molecule has 1 aromatic heterocycles. The number of rotatable bonds is 2. The zero-order chi connectivity index (χ0) is 29.9. The topological polar surface area (TPSA) is 78.6 Å². The van der Waals surface area contributed by atoms with E-state index in [9.17, 15) is 18.4 Å². The van der Waals surface area contributed by atoms with E-state index in [1.54, 1.807) is 18.2 Å². The molecule has 7 aromatic rings. The van der Waals surface area contributed by atoms with Gasteiger partial charge in [0, 0.05) is 21.5 Å². The summed E-state index contributed by atoms with van der Waals surface area (Å²) in [5, 5.41) is 17.1. The number of hydrogen-bond donors (Lipinski definition) is 0. The predicted molar refractivity (Wildman–Crippen MR) is 158 cm³/mol. The van der Waals surface area contributed by atoms with Gasteiger partial charge in [0.15, 0.2) is 5.36 Å². The Morgan fingerprint density at radius 1 is 0.674 bits per heavy atom. The van der Waals surface area contributed by atoms with Crippen LogP contribution in [0.25, 0.3) is 70.8 Å². The van der Waals surface area contributed by atoms with Gasteiger partial charge in [0.1, 0.15) is 16.4 Å². The normalized spacial score (nSPS) is 12.9. The van der Waals surface area contributed by atoms with E-state index in [2.05, 4.69) is 15.0 Å². The van der Waals surface area contributed by atoms with Gasteiger partial charge in [-0.25, -0.2) is 9.97 Å². The Hall–Kier alpha value is -5.93. The van der Waals surface area contributed by atoms with Crippen molar-refractivity contribution in [1.82, 2.24) is 9.97 Å². The minimum absolute atomic E-state index is 0.355. The predicted octanol–water partition coefficient (Wildman–Crippen LogP) is 7.74. The Bertz CT molecular complexity index is 2450. The number of benzene rings is 4. The van der Waals surface area contributed by atoms with Crippen LogP contribution in [0.15, 0.2) is 95.0 Å². The molecule has 0 bridgehead atoms. The molecule has 0 N–H and O–H groups in total. The molecule has 0 unspecified atom stereocenters. The molecule has 0 saturated heterocycles. The minimum Gasteiger partial charge on any atom is -0.241 e. The van der Waals surface area contributed by atoms with Crippen LogP contribution in [0.1, 0.15) is 11.1 Å². The van der Waals surface area contributed by atoms with Gasteiger partial charge < -0.3 is 0 Å². The molecule has 6 nitrogen and oxygen atoms in total. The minimum atomic E-state index is -4.43. The lowest BCUT2D eigenvalue weighted by Crippen LogP contribution is -2.04. The number of halogens is 3. The zero-order valence-corrected chi connectivity index (χ0v) is 22.4. The highest BCUT2D eigenvalue weighted by Crippen LogP contribution is 2.34. The summed E-state index contributed by atoms with van der Waals surface area (Å²) in [7, 11) is 0. The molecule has 204 valence electrons. The SMILES string of the molecule is [C-]#[N+]/N=c1\c2ccc(-c3ccc(C)cc3)cc2c2nc3c(=NC#N)c4ccc(-c5ccc(C(F)(F)F)cc5)cc4c3nc12. The standard InChI is InChI=1S/C34H17F3N6/c1-18-3-5-19(6-4-18)21-10-14-25-27(16-21)30-33(31(25)43-39-2)42-29-26-15-22(20-7-11-23(12-8-20)34(35,36)37)9-13-24(26)28(40-17-38)32(29)41-30/h3-16H,1H3/b40-28?,43-31+. The van der Waals surface area contributed by atoms with E-state index in [0.717, 1.165) is 39.6 Å². The summed E-state index contributed by atoms with van der Waals surface area (Å²) in [6.45, 7) is 9.47. The van der Waals surface area contributed by atoms with Gasteiger partial charge in [0.25, 0.3) is 0 Å². The Balaban J connectivity index is 1.52. The molecule has 1 heterocycles. The first kappa shape index (κ1) is 26.0. The maximum Gasteiger partial charge on any atom is 0.416 e. The molecule has 0 fully saturated rings. The van der Waals surface area contributed by atoms with E-state index < -0.39 is 11.7 Å². The summed E-state index contributed by atoms with van der Waals surface area (Å²) >= 11 is 0. The smallest absolute Gasteiger partial charge is 0.241 e. The lowest BCUT2D eigenvalue weighted by Gasteiger charge is -2.08. The molecule has 0 atom stereocenters. The fourth-order valence-corrected chi connectivity index (χ4v) is 5.56. The van der Waals surface area contributed by atoms with Crippen molar-refractivity contribution in [2.24, 2.45) is 10.1 Å². The monoisotopic (exact) mass is 566 g/mol. The van der Waals surface area contributed by atoms with E-state index in [0.29, 0.717) is 54.7 Å². The van der Waals surface area contributed by atoms with Crippen molar-refractivity contribution in [3.8, 4) is 28.4 Å². The van der Waals surface area contributed by atoms with E-state index in [1.165, 1.54) is 12.1 Å². The fourth-order valence-electron chi connectivity index (χ4n) is 5.56. The maximum absolute atomic E-state index is 13.1. The van der Waals surface area contributed by atoms with Gasteiger partial charge in [-0.2, -0.15) is 30.0 Å². The average Bonchev–Trinajstić information content (AvgIpc) is 3.47. The first-order chi connectivity index (χ1) is 20.8. The molecule has 0 amide bonds. The van der Waals surface area contributed by atoms with E-state index >= 15 is 0 Å². The number of hydrogen-bond acceptors (Lipinski definition) is 5. The van der Waals surface area contributed by atoms with Gasteiger partial charge in [-0.1, -0.05) is 66.2 Å². The second-order valence-electron chi connectivity index (χ2n) is 10.2. The number of nitriles is 1. The van der Waals surface area contributed by atoms with E-state index in [1.807, 2.05) is 55.6 Å². The second kappa shape index (κ2) is 9.57. The van der Waals surface area contributed by atoms with Gasteiger partial charge in [0.2, 0.25) is 6.19 Å². The lowest BCUT2D eigenvalue weighted by molar-refractivity contribution is -0.137. The lowest BCUT2D eigenvalue weighted by atomic mass is 10.0. The molecule has 0 aliphatic rings. The molecular formula is C34H17F3N6. The van der Waals surface area contributed by atoms with Crippen molar-refractivity contribution in [3.63, 3.8) is 0 Å². The highest BCUT2D eigenvalue weighted by Gasteiger charge is 2.30. The number of alkyl halides is 3. The molecular weight excluding hydrogens is 549 g/mol. The third-order valence-corrected chi connectivity index (χ3v) is 7.65. The first-order valence-electron chi connectivity index (χ1n) is 13.1. The Morgan fingerprint density at radius 2 is 1.16 bits per heavy atom. The fraction of sp³-hybridized carbons (Fsp3) is 0.0588. The molecule has 0 saturated carbocycles. The molecule has 0 aliphatic carbocycles. The largest absolute Gasteiger partial charge is 0.416 e. The van der Waals surface area contributed by atoms with Gasteiger partial charge in [-0.3, -0.25) is 0 Å². The highest BCUT2D eigenvalue weighted by molar-refractivity contribution is 6.15. The van der Waals surface area contributed by atoms with Crippen LogP contribution in [0, 0.1) is 25.0 Å². The number of aromatic nitrogens is 2. The summed E-state index contributed by atoms with van der Waals surface area (Å²) in [5.41, 5.74) is 5.50. The van der Waals surface area contributed by atoms with Crippen LogP contribution in [-0.4, -0.2) is 9.97 Å². The molecule has 9 heteroatoms. The zero-order valence-electron chi connectivity index (χ0n) is 22.4. The molecule has 0 aliphatic heterocycles.